The molecule has 0 heterocycles. The van der Waals surface area contributed by atoms with Crippen LogP contribution in [0, 0.1) is 5.82 Å². The van der Waals surface area contributed by atoms with E-state index in [0.717, 1.165) is 11.1 Å². The summed E-state index contributed by atoms with van der Waals surface area (Å²) in [6, 6.07) is 15.2. The summed E-state index contributed by atoms with van der Waals surface area (Å²) < 4.78 is 12.9. The van der Waals surface area contributed by atoms with Gasteiger partial charge in [-0.25, -0.2) is 4.39 Å². The molecule has 0 saturated heterocycles. The summed E-state index contributed by atoms with van der Waals surface area (Å²) in [6.07, 6.45) is 0.476. The number of carbonyl (C=O) groups is 2. The fourth-order valence-corrected chi connectivity index (χ4v) is 2.59. The number of carbonyl (C=O) groups excluding carboxylic acids is 2. The first-order chi connectivity index (χ1) is 11.9. The van der Waals surface area contributed by atoms with Crippen LogP contribution in [0.2, 0.25) is 0 Å². The Morgan fingerprint density at radius 2 is 1.68 bits per heavy atom. The minimum atomic E-state index is -0.533. The van der Waals surface area contributed by atoms with Crippen molar-refractivity contribution in [3.63, 3.8) is 0 Å². The maximum absolute atomic E-state index is 12.9. The molecule has 4 nitrogen and oxygen atoms in total. The molecule has 25 heavy (non-hydrogen) atoms. The maximum atomic E-state index is 12.9. The molecule has 2 aromatic rings. The van der Waals surface area contributed by atoms with Gasteiger partial charge in [-0.3, -0.25) is 14.5 Å². The number of hydrogen-bond donors (Lipinski definition) is 1. The van der Waals surface area contributed by atoms with E-state index in [-0.39, 0.29) is 24.1 Å². The van der Waals surface area contributed by atoms with Crippen LogP contribution in [0.4, 0.5) is 4.39 Å². The van der Waals surface area contributed by atoms with Crippen LogP contribution < -0.4 is 5.32 Å². The average Bonchev–Trinajstić information content (AvgIpc) is 2.57. The third-order valence-electron chi connectivity index (χ3n) is 3.89. The van der Waals surface area contributed by atoms with Crippen molar-refractivity contribution in [2.75, 3.05) is 13.6 Å². The van der Waals surface area contributed by atoms with Gasteiger partial charge in [0.1, 0.15) is 5.82 Å². The molecule has 1 amide bonds. The Morgan fingerprint density at radius 1 is 1.04 bits per heavy atom. The molecule has 2 rings (SSSR count). The van der Waals surface area contributed by atoms with E-state index in [9.17, 15) is 14.0 Å². The van der Waals surface area contributed by atoms with Gasteiger partial charge in [0.15, 0.2) is 5.78 Å². The minimum absolute atomic E-state index is 0.0709. The van der Waals surface area contributed by atoms with Crippen LogP contribution in [0.25, 0.3) is 0 Å². The second-order valence-electron chi connectivity index (χ2n) is 6.22. The number of nitrogens with zero attached hydrogens (tertiary/aromatic N) is 1. The zero-order valence-electron chi connectivity index (χ0n) is 14.5. The zero-order valence-corrected chi connectivity index (χ0v) is 14.5. The molecule has 2 aromatic carbocycles. The lowest BCUT2D eigenvalue weighted by Gasteiger charge is -2.20. The normalized spacial score (nSPS) is 12.0. The highest BCUT2D eigenvalue weighted by Gasteiger charge is 2.18. The Hall–Kier alpha value is -2.53. The Balaban J connectivity index is 1.87. The summed E-state index contributed by atoms with van der Waals surface area (Å²) in [5.74, 6) is -0.562. The molecule has 0 unspecified atom stereocenters. The van der Waals surface area contributed by atoms with Crippen LogP contribution in [0.1, 0.15) is 18.1 Å². The van der Waals surface area contributed by atoms with Crippen molar-refractivity contribution in [2.45, 2.75) is 25.9 Å². The van der Waals surface area contributed by atoms with Crippen LogP contribution in [-0.4, -0.2) is 36.2 Å². The molecule has 0 bridgehead atoms. The molecule has 0 fully saturated rings. The summed E-state index contributed by atoms with van der Waals surface area (Å²) >= 11 is 0. The number of Topliss-reactive ketones (excluding diaryl/α,β-unsaturated/α-hetero) is 1. The van der Waals surface area contributed by atoms with Gasteiger partial charge < -0.3 is 5.32 Å². The summed E-state index contributed by atoms with van der Waals surface area (Å²) in [5, 5.41) is 2.80. The highest BCUT2D eigenvalue weighted by Crippen LogP contribution is 2.06. The van der Waals surface area contributed by atoms with Gasteiger partial charge in [0.2, 0.25) is 5.91 Å². The number of ketones is 1. The highest BCUT2D eigenvalue weighted by molar-refractivity contribution is 5.88. The van der Waals surface area contributed by atoms with Gasteiger partial charge in [0.25, 0.3) is 0 Å². The number of likely N-dealkylation sites (N-methyl/N-ethyl adjacent to an activating group) is 1. The van der Waals surface area contributed by atoms with E-state index in [0.29, 0.717) is 13.0 Å². The Kier molecular flexibility index (Phi) is 6.83. The van der Waals surface area contributed by atoms with Crippen LogP contribution in [-0.2, 0) is 22.6 Å². The van der Waals surface area contributed by atoms with Crippen molar-refractivity contribution < 1.29 is 14.0 Å². The lowest BCUT2D eigenvalue weighted by Crippen LogP contribution is -2.45. The van der Waals surface area contributed by atoms with Crippen LogP contribution in [0.3, 0.4) is 0 Å². The predicted molar refractivity (Wildman–Crippen MR) is 95.5 cm³/mol. The molecular weight excluding hydrogens is 319 g/mol. The van der Waals surface area contributed by atoms with Crippen molar-refractivity contribution >= 4 is 11.7 Å². The van der Waals surface area contributed by atoms with E-state index in [1.54, 1.807) is 12.1 Å². The lowest BCUT2D eigenvalue weighted by atomic mass is 10.0. The van der Waals surface area contributed by atoms with Crippen LogP contribution in [0.5, 0.6) is 0 Å². The molecule has 0 radical (unpaired) electrons. The smallest absolute Gasteiger partial charge is 0.234 e. The largest absolute Gasteiger partial charge is 0.345 e. The number of halogens is 1. The topological polar surface area (TPSA) is 49.4 Å². The second kappa shape index (κ2) is 9.08. The monoisotopic (exact) mass is 342 g/mol. The second-order valence-corrected chi connectivity index (χ2v) is 6.22. The van der Waals surface area contributed by atoms with Gasteiger partial charge in [0, 0.05) is 6.54 Å². The van der Waals surface area contributed by atoms with Gasteiger partial charge in [-0.2, -0.15) is 0 Å². The van der Waals surface area contributed by atoms with Crippen LogP contribution >= 0.6 is 0 Å². The molecule has 0 spiro atoms. The molecule has 5 heteroatoms. The standard InChI is InChI=1S/C20H23FN2O2/c1-15(24)19(12-16-6-4-3-5-7-16)22-20(25)14-23(2)13-17-8-10-18(21)11-9-17/h3-11,19H,12-14H2,1-2H3,(H,22,25)/t19-/m0/s1. The third kappa shape index (κ3) is 6.47. The van der Waals surface area contributed by atoms with Crippen molar-refractivity contribution in [1.29, 1.82) is 0 Å². The van der Waals surface area contributed by atoms with Gasteiger partial charge in [-0.05, 0) is 43.7 Å². The Bertz CT molecular complexity index is 701. The lowest BCUT2D eigenvalue weighted by molar-refractivity contribution is -0.127. The van der Waals surface area contributed by atoms with Crippen molar-refractivity contribution in [2.24, 2.45) is 0 Å². The number of nitrogens with one attached hydrogen (secondary N) is 1. The van der Waals surface area contributed by atoms with Crippen molar-refractivity contribution in [3.8, 4) is 0 Å². The highest BCUT2D eigenvalue weighted by atomic mass is 19.1. The average molecular weight is 342 g/mol. The number of hydrogen-bond acceptors (Lipinski definition) is 3. The van der Waals surface area contributed by atoms with Gasteiger partial charge in [0.05, 0.1) is 12.6 Å². The first-order valence-corrected chi connectivity index (χ1v) is 8.21. The third-order valence-corrected chi connectivity index (χ3v) is 3.89. The molecule has 1 atom stereocenters. The summed E-state index contributed by atoms with van der Waals surface area (Å²) in [6.45, 7) is 2.17. The molecule has 0 aliphatic rings. The van der Waals surface area contributed by atoms with E-state index in [2.05, 4.69) is 5.32 Å². The quantitative estimate of drug-likeness (QED) is 0.802. The molecule has 1 N–H and O–H groups in total. The molecule has 0 saturated carbocycles. The molecule has 0 aromatic heterocycles. The Morgan fingerprint density at radius 3 is 2.28 bits per heavy atom. The van der Waals surface area contributed by atoms with E-state index in [1.165, 1.54) is 19.1 Å². The molecule has 0 aliphatic carbocycles. The van der Waals surface area contributed by atoms with E-state index >= 15 is 0 Å². The van der Waals surface area contributed by atoms with Crippen molar-refractivity contribution in [1.82, 2.24) is 10.2 Å². The van der Waals surface area contributed by atoms with Gasteiger partial charge in [-0.15, -0.1) is 0 Å². The van der Waals surface area contributed by atoms with E-state index in [1.807, 2.05) is 42.3 Å². The van der Waals surface area contributed by atoms with E-state index in [4.69, 9.17) is 0 Å². The SMILES string of the molecule is CC(=O)[C@H](Cc1ccccc1)NC(=O)CN(C)Cc1ccc(F)cc1. The minimum Gasteiger partial charge on any atom is -0.345 e. The fraction of sp³-hybridized carbons (Fsp3) is 0.300. The summed E-state index contributed by atoms with van der Waals surface area (Å²) in [4.78, 5) is 25.9. The van der Waals surface area contributed by atoms with Gasteiger partial charge in [-0.1, -0.05) is 42.5 Å². The van der Waals surface area contributed by atoms with Gasteiger partial charge >= 0.3 is 0 Å². The number of rotatable bonds is 8. The fourth-order valence-electron chi connectivity index (χ4n) is 2.59. The zero-order chi connectivity index (χ0) is 18.2. The maximum Gasteiger partial charge on any atom is 0.234 e. The van der Waals surface area contributed by atoms with Crippen LogP contribution in [0.15, 0.2) is 54.6 Å². The first-order valence-electron chi connectivity index (χ1n) is 8.21. The summed E-state index contributed by atoms with van der Waals surface area (Å²) in [7, 11) is 1.81. The predicted octanol–water partition coefficient (Wildman–Crippen LogP) is 2.57. The molecule has 132 valence electrons. The van der Waals surface area contributed by atoms with E-state index < -0.39 is 6.04 Å². The number of amides is 1. The molecule has 0 aliphatic heterocycles. The number of benzene rings is 2. The summed E-state index contributed by atoms with van der Waals surface area (Å²) in [5.41, 5.74) is 1.92. The Labute approximate surface area is 147 Å². The first kappa shape index (κ1) is 18.8. The molecular formula is C20H23FN2O2. The van der Waals surface area contributed by atoms with Crippen molar-refractivity contribution in [3.05, 3.63) is 71.5 Å².